The largest absolute Gasteiger partial charge is 0.481 e. The number of amides is 1. The molecule has 0 aliphatic carbocycles. The van der Waals surface area contributed by atoms with Crippen LogP contribution in [0.4, 0.5) is 0 Å². The average Bonchev–Trinajstić information content (AvgIpc) is 2.08. The highest BCUT2D eigenvalue weighted by molar-refractivity contribution is 7.91. The van der Waals surface area contributed by atoms with Crippen molar-refractivity contribution in [2.45, 2.75) is 12.5 Å². The lowest BCUT2D eigenvalue weighted by molar-refractivity contribution is -0.140. The molecule has 0 saturated heterocycles. The fourth-order valence-corrected chi connectivity index (χ4v) is 1.53. The first-order valence-electron chi connectivity index (χ1n) is 4.43. The highest BCUT2D eigenvalue weighted by atomic mass is 32.2. The van der Waals surface area contributed by atoms with Crippen molar-refractivity contribution in [2.24, 2.45) is 0 Å². The molecule has 0 heterocycles. The van der Waals surface area contributed by atoms with E-state index in [1.54, 1.807) is 0 Å². The van der Waals surface area contributed by atoms with Gasteiger partial charge in [-0.05, 0) is 0 Å². The van der Waals surface area contributed by atoms with Crippen molar-refractivity contribution in [3.05, 3.63) is 0 Å². The summed E-state index contributed by atoms with van der Waals surface area (Å²) in [4.78, 5) is 21.4. The third kappa shape index (κ3) is 8.18. The number of nitrogens with one attached hydrogen (secondary N) is 1. The summed E-state index contributed by atoms with van der Waals surface area (Å²) in [5.41, 5.74) is 0. The summed E-state index contributed by atoms with van der Waals surface area (Å²) in [5, 5.41) is 10.8. The smallest absolute Gasteiger partial charge is 0.306 e. The van der Waals surface area contributed by atoms with E-state index in [2.05, 4.69) is 5.32 Å². The second kappa shape index (κ2) is 6.44. The number of carbonyl (C=O) groups excluding carboxylic acids is 1. The summed E-state index contributed by atoms with van der Waals surface area (Å²) >= 11 is 0. The number of hydrogen-bond donors (Lipinski definition) is 2. The van der Waals surface area contributed by atoms with Crippen molar-refractivity contribution in [1.29, 1.82) is 0 Å². The monoisotopic (exact) mass is 253 g/mol. The van der Waals surface area contributed by atoms with Crippen LogP contribution in [0, 0.1) is 0 Å². The Bertz CT molecular complexity index is 350. The van der Waals surface area contributed by atoms with Crippen LogP contribution >= 0.6 is 0 Å². The highest BCUT2D eigenvalue weighted by Crippen LogP contribution is 1.95. The van der Waals surface area contributed by atoms with Crippen LogP contribution in [0.3, 0.4) is 0 Å². The van der Waals surface area contributed by atoms with Crippen LogP contribution in [-0.4, -0.2) is 57.2 Å². The molecule has 1 unspecified atom stereocenters. The number of aliphatic carboxylic acids is 1. The van der Waals surface area contributed by atoms with E-state index in [-0.39, 0.29) is 13.0 Å². The van der Waals surface area contributed by atoms with Crippen LogP contribution in [0.5, 0.6) is 0 Å². The topological polar surface area (TPSA) is 110 Å². The lowest BCUT2D eigenvalue weighted by Crippen LogP contribution is -2.37. The van der Waals surface area contributed by atoms with Crippen molar-refractivity contribution in [2.75, 3.05) is 25.7 Å². The molecule has 0 rings (SSSR count). The SMILES string of the molecule is COC(CNC(=O)CS(C)(=O)=O)CC(=O)O. The zero-order valence-corrected chi connectivity index (χ0v) is 9.91. The summed E-state index contributed by atoms with van der Waals surface area (Å²) in [7, 11) is -2.05. The fraction of sp³-hybridized carbons (Fsp3) is 0.750. The Morgan fingerprint density at radius 3 is 2.38 bits per heavy atom. The molecule has 8 heteroatoms. The molecule has 7 nitrogen and oxygen atoms in total. The molecule has 0 fully saturated rings. The lowest BCUT2D eigenvalue weighted by Gasteiger charge is -2.13. The van der Waals surface area contributed by atoms with Crippen LogP contribution < -0.4 is 5.32 Å². The maximum absolute atomic E-state index is 11.1. The summed E-state index contributed by atoms with van der Waals surface area (Å²) < 4.78 is 26.3. The number of hydrogen-bond acceptors (Lipinski definition) is 5. The zero-order valence-electron chi connectivity index (χ0n) is 9.10. The van der Waals surface area contributed by atoms with E-state index in [1.807, 2.05) is 0 Å². The lowest BCUT2D eigenvalue weighted by atomic mass is 10.2. The van der Waals surface area contributed by atoms with Gasteiger partial charge in [0, 0.05) is 19.9 Å². The minimum absolute atomic E-state index is 0.0306. The molecule has 1 atom stereocenters. The molecule has 0 saturated carbocycles. The van der Waals surface area contributed by atoms with E-state index in [1.165, 1.54) is 7.11 Å². The molecule has 0 aliphatic heterocycles. The van der Waals surface area contributed by atoms with Crippen molar-refractivity contribution in [3.8, 4) is 0 Å². The Labute approximate surface area is 93.7 Å². The van der Waals surface area contributed by atoms with Crippen molar-refractivity contribution in [3.63, 3.8) is 0 Å². The quantitative estimate of drug-likeness (QED) is 0.579. The van der Waals surface area contributed by atoms with Gasteiger partial charge in [-0.3, -0.25) is 9.59 Å². The van der Waals surface area contributed by atoms with E-state index in [0.717, 1.165) is 6.26 Å². The van der Waals surface area contributed by atoms with Gasteiger partial charge in [-0.15, -0.1) is 0 Å². The van der Waals surface area contributed by atoms with E-state index in [4.69, 9.17) is 9.84 Å². The Balaban J connectivity index is 4.02. The minimum atomic E-state index is -3.37. The van der Waals surface area contributed by atoms with E-state index in [0.29, 0.717) is 0 Å². The number of carboxylic acids is 1. The first-order valence-corrected chi connectivity index (χ1v) is 6.49. The van der Waals surface area contributed by atoms with Crippen LogP contribution in [0.15, 0.2) is 0 Å². The number of carbonyl (C=O) groups is 2. The van der Waals surface area contributed by atoms with Crippen molar-refractivity contribution < 1.29 is 27.9 Å². The first kappa shape index (κ1) is 14.8. The molecule has 0 bridgehead atoms. The van der Waals surface area contributed by atoms with Gasteiger partial charge in [0.2, 0.25) is 5.91 Å². The van der Waals surface area contributed by atoms with Gasteiger partial charge in [0.1, 0.15) is 5.75 Å². The zero-order chi connectivity index (χ0) is 12.8. The first-order chi connectivity index (χ1) is 7.24. The molecule has 0 aromatic rings. The van der Waals surface area contributed by atoms with Gasteiger partial charge in [0.05, 0.1) is 12.5 Å². The second-order valence-corrected chi connectivity index (χ2v) is 5.47. The number of carboxylic acid groups (broad SMARTS) is 1. The van der Waals surface area contributed by atoms with Crippen LogP contribution in [0.25, 0.3) is 0 Å². The maximum atomic E-state index is 11.1. The number of sulfone groups is 1. The van der Waals surface area contributed by atoms with Gasteiger partial charge in [-0.2, -0.15) is 0 Å². The van der Waals surface area contributed by atoms with Crippen LogP contribution in [0.1, 0.15) is 6.42 Å². The van der Waals surface area contributed by atoms with Crippen molar-refractivity contribution >= 4 is 21.7 Å². The fourth-order valence-electron chi connectivity index (χ4n) is 0.950. The van der Waals surface area contributed by atoms with Gasteiger partial charge in [-0.25, -0.2) is 8.42 Å². The van der Waals surface area contributed by atoms with Crippen LogP contribution in [0.2, 0.25) is 0 Å². The highest BCUT2D eigenvalue weighted by Gasteiger charge is 2.15. The summed E-state index contributed by atoms with van der Waals surface area (Å²) in [6.45, 7) is -0.0306. The molecular weight excluding hydrogens is 238 g/mol. The minimum Gasteiger partial charge on any atom is -0.481 e. The molecule has 2 N–H and O–H groups in total. The molecule has 94 valence electrons. The second-order valence-electron chi connectivity index (χ2n) is 3.33. The standard InChI is InChI=1S/C8H15NO6S/c1-15-6(3-8(11)12)4-9-7(10)5-16(2,13)14/h6H,3-5H2,1-2H3,(H,9,10)(H,11,12). The third-order valence-corrected chi connectivity index (χ3v) is 2.44. The Morgan fingerprint density at radius 2 is 2.00 bits per heavy atom. The molecule has 0 spiro atoms. The molecule has 16 heavy (non-hydrogen) atoms. The van der Waals surface area contributed by atoms with E-state index < -0.39 is 33.6 Å². The average molecular weight is 253 g/mol. The number of rotatable bonds is 7. The van der Waals surface area contributed by atoms with Crippen LogP contribution in [-0.2, 0) is 24.2 Å². The molecule has 0 aromatic carbocycles. The molecule has 1 amide bonds. The van der Waals surface area contributed by atoms with E-state index in [9.17, 15) is 18.0 Å². The normalized spacial score (nSPS) is 13.1. The molecule has 0 aromatic heterocycles. The van der Waals surface area contributed by atoms with Gasteiger partial charge < -0.3 is 15.2 Å². The van der Waals surface area contributed by atoms with Crippen molar-refractivity contribution in [1.82, 2.24) is 5.32 Å². The summed E-state index contributed by atoms with van der Waals surface area (Å²) in [6.07, 6.45) is 0.0221. The molecular formula is C8H15NO6S. The third-order valence-electron chi connectivity index (χ3n) is 1.66. The predicted octanol–water partition coefficient (Wildman–Crippen LogP) is -1.36. The Morgan fingerprint density at radius 1 is 1.44 bits per heavy atom. The molecule has 0 aliphatic rings. The number of ether oxygens (including phenoxy) is 1. The molecule has 0 radical (unpaired) electrons. The summed E-state index contributed by atoms with van der Waals surface area (Å²) in [5.74, 6) is -2.34. The van der Waals surface area contributed by atoms with Gasteiger partial charge in [0.15, 0.2) is 9.84 Å². The van der Waals surface area contributed by atoms with Gasteiger partial charge in [-0.1, -0.05) is 0 Å². The Hall–Kier alpha value is -1.15. The Kier molecular flexibility index (Phi) is 5.97. The maximum Gasteiger partial charge on any atom is 0.306 e. The van der Waals surface area contributed by atoms with Gasteiger partial charge >= 0.3 is 5.97 Å². The predicted molar refractivity (Wildman–Crippen MR) is 55.8 cm³/mol. The summed E-state index contributed by atoms with van der Waals surface area (Å²) in [6, 6.07) is 0. The van der Waals surface area contributed by atoms with Gasteiger partial charge in [0.25, 0.3) is 0 Å². The van der Waals surface area contributed by atoms with E-state index >= 15 is 0 Å². The number of methoxy groups -OCH3 is 1.